The molecule has 0 saturated carbocycles. The molecule has 2 N–H and O–H groups in total. The van der Waals surface area contributed by atoms with Crippen molar-refractivity contribution in [3.05, 3.63) is 107 Å². The minimum Gasteiger partial charge on any atom is -0.480 e. The second-order valence-corrected chi connectivity index (χ2v) is 6.97. The number of ketones is 1. The van der Waals surface area contributed by atoms with Crippen LogP contribution in [0.25, 0.3) is 0 Å². The van der Waals surface area contributed by atoms with Gasteiger partial charge in [0.15, 0.2) is 5.78 Å². The fourth-order valence-corrected chi connectivity index (χ4v) is 3.07. The van der Waals surface area contributed by atoms with E-state index in [0.717, 1.165) is 12.1 Å². The Bertz CT molecular complexity index is 1100. The van der Waals surface area contributed by atoms with E-state index in [1.807, 2.05) is 6.07 Å². The summed E-state index contributed by atoms with van der Waals surface area (Å²) in [7, 11) is 0. The average molecular weight is 423 g/mol. The van der Waals surface area contributed by atoms with Crippen molar-refractivity contribution < 1.29 is 28.3 Å². The van der Waals surface area contributed by atoms with E-state index in [-0.39, 0.29) is 17.8 Å². The summed E-state index contributed by atoms with van der Waals surface area (Å²) in [6.45, 7) is 0. The summed E-state index contributed by atoms with van der Waals surface area (Å²) in [6, 6.07) is 16.8. The number of amides is 1. The number of halogens is 2. The number of hydrogen-bond donors (Lipinski definition) is 2. The molecular weight excluding hydrogens is 404 g/mol. The minimum absolute atomic E-state index is 0.0211. The Morgan fingerprint density at radius 3 is 2.13 bits per heavy atom. The highest BCUT2D eigenvalue weighted by atomic mass is 19.1. The maximum absolute atomic E-state index is 13.7. The largest absolute Gasteiger partial charge is 0.480 e. The first-order chi connectivity index (χ1) is 14.8. The van der Waals surface area contributed by atoms with Crippen LogP contribution < -0.4 is 5.32 Å². The summed E-state index contributed by atoms with van der Waals surface area (Å²) in [4.78, 5) is 36.2. The molecule has 0 aliphatic carbocycles. The van der Waals surface area contributed by atoms with Gasteiger partial charge in [-0.1, -0.05) is 60.7 Å². The van der Waals surface area contributed by atoms with Crippen LogP contribution in [-0.4, -0.2) is 28.8 Å². The van der Waals surface area contributed by atoms with E-state index in [2.05, 4.69) is 5.32 Å². The van der Waals surface area contributed by atoms with Gasteiger partial charge in [0.1, 0.15) is 17.7 Å². The topological polar surface area (TPSA) is 83.5 Å². The maximum Gasteiger partial charge on any atom is 0.326 e. The minimum atomic E-state index is -1.25. The van der Waals surface area contributed by atoms with Crippen LogP contribution >= 0.6 is 0 Å². The quantitative estimate of drug-likeness (QED) is 0.543. The second-order valence-electron chi connectivity index (χ2n) is 6.97. The molecule has 0 aliphatic rings. The first-order valence-electron chi connectivity index (χ1n) is 9.48. The van der Waals surface area contributed by atoms with Gasteiger partial charge in [-0.15, -0.1) is 0 Å². The van der Waals surface area contributed by atoms with Gasteiger partial charge in [0.2, 0.25) is 5.91 Å². The Labute approximate surface area is 177 Å². The lowest BCUT2D eigenvalue weighted by atomic mass is 9.99. The first kappa shape index (κ1) is 21.8. The monoisotopic (exact) mass is 423 g/mol. The lowest BCUT2D eigenvalue weighted by molar-refractivity contribution is -0.141. The molecule has 1 amide bonds. The zero-order chi connectivity index (χ0) is 22.4. The number of carbonyl (C=O) groups excluding carboxylic acids is 2. The van der Waals surface area contributed by atoms with Gasteiger partial charge < -0.3 is 10.4 Å². The fourth-order valence-electron chi connectivity index (χ4n) is 3.07. The van der Waals surface area contributed by atoms with Crippen LogP contribution in [0.3, 0.4) is 0 Å². The van der Waals surface area contributed by atoms with Crippen molar-refractivity contribution in [3.63, 3.8) is 0 Å². The summed E-state index contributed by atoms with van der Waals surface area (Å²) in [5, 5.41) is 11.8. The zero-order valence-corrected chi connectivity index (χ0v) is 16.3. The highest BCUT2D eigenvalue weighted by Crippen LogP contribution is 2.13. The smallest absolute Gasteiger partial charge is 0.326 e. The molecule has 0 radical (unpaired) electrons. The van der Waals surface area contributed by atoms with E-state index in [1.54, 1.807) is 48.5 Å². The molecule has 158 valence electrons. The summed E-state index contributed by atoms with van der Waals surface area (Å²) < 4.78 is 26.7. The fraction of sp³-hybridized carbons (Fsp3) is 0.125. The molecule has 0 unspecified atom stereocenters. The molecule has 0 aliphatic heterocycles. The van der Waals surface area contributed by atoms with Gasteiger partial charge in [-0.3, -0.25) is 9.59 Å². The molecule has 0 aromatic heterocycles. The van der Waals surface area contributed by atoms with Crippen LogP contribution in [0.2, 0.25) is 0 Å². The van der Waals surface area contributed by atoms with Crippen LogP contribution in [0, 0.1) is 11.6 Å². The van der Waals surface area contributed by atoms with Gasteiger partial charge in [0.25, 0.3) is 0 Å². The van der Waals surface area contributed by atoms with E-state index in [9.17, 15) is 28.3 Å². The third-order valence-corrected chi connectivity index (χ3v) is 4.69. The average Bonchev–Trinajstić information content (AvgIpc) is 2.76. The van der Waals surface area contributed by atoms with Gasteiger partial charge >= 0.3 is 5.97 Å². The molecule has 0 fully saturated rings. The SMILES string of the molecule is O=C(Cc1ccc(F)cc1F)N[C@@H](Cc1ccc(C(=O)c2ccccc2)cc1)C(=O)O. The van der Waals surface area contributed by atoms with Crippen molar-refractivity contribution in [3.8, 4) is 0 Å². The number of benzene rings is 3. The molecule has 1 atom stereocenters. The van der Waals surface area contributed by atoms with Crippen molar-refractivity contribution in [2.45, 2.75) is 18.9 Å². The normalized spacial score (nSPS) is 11.5. The first-order valence-corrected chi connectivity index (χ1v) is 9.48. The number of rotatable bonds is 8. The lowest BCUT2D eigenvalue weighted by Gasteiger charge is -2.15. The Morgan fingerprint density at radius 2 is 1.52 bits per heavy atom. The summed E-state index contributed by atoms with van der Waals surface area (Å²) in [5.41, 5.74) is 1.56. The van der Waals surface area contributed by atoms with Gasteiger partial charge in [-0.05, 0) is 17.2 Å². The molecule has 5 nitrogen and oxygen atoms in total. The molecule has 3 aromatic carbocycles. The van der Waals surface area contributed by atoms with Crippen LogP contribution in [0.15, 0.2) is 72.8 Å². The Kier molecular flexibility index (Phi) is 6.87. The van der Waals surface area contributed by atoms with Gasteiger partial charge in [0, 0.05) is 23.6 Å². The molecular formula is C24H19F2NO4. The van der Waals surface area contributed by atoms with Crippen molar-refractivity contribution in [1.82, 2.24) is 5.32 Å². The molecule has 0 spiro atoms. The number of carbonyl (C=O) groups is 3. The van der Waals surface area contributed by atoms with E-state index < -0.39 is 36.0 Å². The number of carboxylic acid groups (broad SMARTS) is 1. The Balaban J connectivity index is 1.65. The van der Waals surface area contributed by atoms with Crippen molar-refractivity contribution in [2.24, 2.45) is 0 Å². The molecule has 31 heavy (non-hydrogen) atoms. The predicted octanol–water partition coefficient (Wildman–Crippen LogP) is 3.55. The maximum atomic E-state index is 13.7. The van der Waals surface area contributed by atoms with Crippen LogP contribution in [-0.2, 0) is 22.4 Å². The molecule has 0 heterocycles. The summed E-state index contributed by atoms with van der Waals surface area (Å²) >= 11 is 0. The van der Waals surface area contributed by atoms with Crippen molar-refractivity contribution in [1.29, 1.82) is 0 Å². The Hall–Kier alpha value is -3.87. The Morgan fingerprint density at radius 1 is 0.871 bits per heavy atom. The van der Waals surface area contributed by atoms with Crippen LogP contribution in [0.4, 0.5) is 8.78 Å². The highest BCUT2D eigenvalue weighted by Gasteiger charge is 2.21. The van der Waals surface area contributed by atoms with Crippen LogP contribution in [0.1, 0.15) is 27.0 Å². The van der Waals surface area contributed by atoms with Gasteiger partial charge in [-0.25, -0.2) is 13.6 Å². The highest BCUT2D eigenvalue weighted by molar-refractivity contribution is 6.08. The molecule has 3 aromatic rings. The summed E-state index contributed by atoms with van der Waals surface area (Å²) in [6.07, 6.45) is -0.437. The summed E-state index contributed by atoms with van der Waals surface area (Å²) in [5.74, 6) is -3.75. The lowest BCUT2D eigenvalue weighted by Crippen LogP contribution is -2.43. The predicted molar refractivity (Wildman–Crippen MR) is 110 cm³/mol. The van der Waals surface area contributed by atoms with E-state index in [0.29, 0.717) is 22.8 Å². The third kappa shape index (κ3) is 5.82. The van der Waals surface area contributed by atoms with E-state index in [1.165, 1.54) is 0 Å². The number of nitrogens with one attached hydrogen (secondary N) is 1. The standard InChI is InChI=1S/C24H19F2NO4/c25-19-11-10-18(20(26)14-19)13-22(28)27-21(24(30)31)12-15-6-8-17(9-7-15)23(29)16-4-2-1-3-5-16/h1-11,14,21H,12-13H2,(H,27,28)(H,30,31)/t21-/m0/s1. The molecule has 0 saturated heterocycles. The molecule has 3 rings (SSSR count). The molecule has 0 bridgehead atoms. The van der Waals surface area contributed by atoms with Gasteiger partial charge in [-0.2, -0.15) is 0 Å². The molecule has 7 heteroatoms. The number of aliphatic carboxylic acids is 1. The number of carboxylic acids is 1. The number of hydrogen-bond acceptors (Lipinski definition) is 3. The zero-order valence-electron chi connectivity index (χ0n) is 16.3. The second kappa shape index (κ2) is 9.75. The van der Waals surface area contributed by atoms with Gasteiger partial charge in [0.05, 0.1) is 6.42 Å². The van der Waals surface area contributed by atoms with Crippen molar-refractivity contribution in [2.75, 3.05) is 0 Å². The van der Waals surface area contributed by atoms with E-state index in [4.69, 9.17) is 0 Å². The van der Waals surface area contributed by atoms with E-state index >= 15 is 0 Å². The van der Waals surface area contributed by atoms with Crippen molar-refractivity contribution >= 4 is 17.7 Å². The third-order valence-electron chi connectivity index (χ3n) is 4.69. The van der Waals surface area contributed by atoms with Crippen LogP contribution in [0.5, 0.6) is 0 Å².